The van der Waals surface area contributed by atoms with Gasteiger partial charge in [-0.2, -0.15) is 5.26 Å². The van der Waals surface area contributed by atoms with Gasteiger partial charge >= 0.3 is 0 Å². The fourth-order valence-corrected chi connectivity index (χ4v) is 1.84. The first kappa shape index (κ1) is 12.8. The van der Waals surface area contributed by atoms with Crippen LogP contribution in [0.2, 0.25) is 5.02 Å². The van der Waals surface area contributed by atoms with Crippen molar-refractivity contribution in [1.82, 2.24) is 0 Å². The van der Waals surface area contributed by atoms with Crippen LogP contribution in [0.5, 0.6) is 11.5 Å². The third-order valence-electron chi connectivity index (χ3n) is 2.38. The van der Waals surface area contributed by atoms with Gasteiger partial charge in [0.15, 0.2) is 0 Å². The van der Waals surface area contributed by atoms with Gasteiger partial charge in [-0.05, 0) is 36.4 Å². The van der Waals surface area contributed by atoms with Crippen molar-refractivity contribution in [2.24, 2.45) is 0 Å². The molecule has 2 nitrogen and oxygen atoms in total. The van der Waals surface area contributed by atoms with Gasteiger partial charge in [0.2, 0.25) is 0 Å². The first-order chi connectivity index (χ1) is 8.72. The third-order valence-corrected chi connectivity index (χ3v) is 2.91. The van der Waals surface area contributed by atoms with Crippen LogP contribution in [0, 0.1) is 11.3 Å². The molecule has 0 atom stereocenters. The summed E-state index contributed by atoms with van der Waals surface area (Å²) < 4.78 is 5.70. The SMILES string of the molecule is N#Cc1ccc(Oc2cc(Cl)ccc2CCl)cc1. The minimum absolute atomic E-state index is 0.350. The molecular weight excluding hydrogens is 269 g/mol. The van der Waals surface area contributed by atoms with Crippen molar-refractivity contribution in [3.05, 3.63) is 58.6 Å². The van der Waals surface area contributed by atoms with Crippen LogP contribution in [-0.4, -0.2) is 0 Å². The van der Waals surface area contributed by atoms with Gasteiger partial charge in [0, 0.05) is 10.6 Å². The first-order valence-corrected chi connectivity index (χ1v) is 6.16. The Kier molecular flexibility index (Phi) is 4.09. The van der Waals surface area contributed by atoms with E-state index in [1.807, 2.05) is 6.07 Å². The second-order valence-electron chi connectivity index (χ2n) is 3.62. The highest BCUT2D eigenvalue weighted by Crippen LogP contribution is 2.29. The van der Waals surface area contributed by atoms with Gasteiger partial charge in [0.1, 0.15) is 11.5 Å². The molecule has 0 unspecified atom stereocenters. The van der Waals surface area contributed by atoms with Crippen LogP contribution in [-0.2, 0) is 5.88 Å². The predicted molar refractivity (Wildman–Crippen MR) is 72.2 cm³/mol. The van der Waals surface area contributed by atoms with E-state index in [2.05, 4.69) is 6.07 Å². The summed E-state index contributed by atoms with van der Waals surface area (Å²) in [4.78, 5) is 0. The molecule has 0 fully saturated rings. The highest BCUT2D eigenvalue weighted by Gasteiger charge is 2.05. The second-order valence-corrected chi connectivity index (χ2v) is 4.33. The van der Waals surface area contributed by atoms with Crippen LogP contribution >= 0.6 is 23.2 Å². The first-order valence-electron chi connectivity index (χ1n) is 5.25. The molecule has 2 rings (SSSR count). The molecule has 0 aliphatic heterocycles. The Morgan fingerprint density at radius 2 is 1.83 bits per heavy atom. The van der Waals surface area contributed by atoms with Crippen molar-refractivity contribution in [2.75, 3.05) is 0 Å². The molecule has 0 saturated heterocycles. The van der Waals surface area contributed by atoms with E-state index in [-0.39, 0.29) is 0 Å². The van der Waals surface area contributed by atoms with E-state index in [0.29, 0.717) is 28.0 Å². The van der Waals surface area contributed by atoms with Crippen LogP contribution < -0.4 is 4.74 Å². The lowest BCUT2D eigenvalue weighted by molar-refractivity contribution is 0.478. The van der Waals surface area contributed by atoms with Crippen molar-refractivity contribution < 1.29 is 4.74 Å². The molecule has 0 heterocycles. The maximum Gasteiger partial charge on any atom is 0.133 e. The molecule has 0 spiro atoms. The Hall–Kier alpha value is -1.69. The lowest BCUT2D eigenvalue weighted by Gasteiger charge is -2.09. The van der Waals surface area contributed by atoms with Crippen molar-refractivity contribution in [3.63, 3.8) is 0 Å². The van der Waals surface area contributed by atoms with E-state index in [9.17, 15) is 0 Å². The zero-order valence-electron chi connectivity index (χ0n) is 9.36. The third kappa shape index (κ3) is 2.95. The van der Waals surface area contributed by atoms with Crippen LogP contribution in [0.15, 0.2) is 42.5 Å². The van der Waals surface area contributed by atoms with E-state index in [0.717, 1.165) is 5.56 Å². The second kappa shape index (κ2) is 5.77. The van der Waals surface area contributed by atoms with Gasteiger partial charge in [-0.15, -0.1) is 11.6 Å². The van der Waals surface area contributed by atoms with Crippen molar-refractivity contribution >= 4 is 23.2 Å². The summed E-state index contributed by atoms with van der Waals surface area (Å²) >= 11 is 11.8. The number of halogens is 2. The summed E-state index contributed by atoms with van der Waals surface area (Å²) in [6.07, 6.45) is 0. The van der Waals surface area contributed by atoms with E-state index in [1.54, 1.807) is 36.4 Å². The molecule has 0 aromatic heterocycles. The summed E-state index contributed by atoms with van der Waals surface area (Å²) in [6, 6.07) is 14.2. The average Bonchev–Trinajstić information content (AvgIpc) is 2.40. The number of hydrogen-bond donors (Lipinski definition) is 0. The maximum absolute atomic E-state index is 8.71. The van der Waals surface area contributed by atoms with Gasteiger partial charge < -0.3 is 4.74 Å². The molecule has 2 aromatic rings. The molecule has 0 bridgehead atoms. The van der Waals surface area contributed by atoms with Gasteiger partial charge in [-0.1, -0.05) is 17.7 Å². The number of hydrogen-bond acceptors (Lipinski definition) is 2. The maximum atomic E-state index is 8.71. The normalized spacial score (nSPS) is 9.83. The Morgan fingerprint density at radius 1 is 1.11 bits per heavy atom. The predicted octanol–water partition coefficient (Wildman–Crippen LogP) is 4.74. The number of nitriles is 1. The molecule has 0 aliphatic rings. The van der Waals surface area contributed by atoms with Gasteiger partial charge in [-0.3, -0.25) is 0 Å². The van der Waals surface area contributed by atoms with E-state index in [1.165, 1.54) is 0 Å². The minimum atomic E-state index is 0.350. The van der Waals surface area contributed by atoms with Crippen molar-refractivity contribution in [2.45, 2.75) is 5.88 Å². The molecule has 0 radical (unpaired) electrons. The van der Waals surface area contributed by atoms with Crippen LogP contribution in [0.3, 0.4) is 0 Å². The quantitative estimate of drug-likeness (QED) is 0.759. The molecule has 4 heteroatoms. The summed E-state index contributed by atoms with van der Waals surface area (Å²) in [6.45, 7) is 0. The van der Waals surface area contributed by atoms with Crippen LogP contribution in [0.25, 0.3) is 0 Å². The lowest BCUT2D eigenvalue weighted by Crippen LogP contribution is -1.89. The fraction of sp³-hybridized carbons (Fsp3) is 0.0714. The molecule has 0 aliphatic carbocycles. The Balaban J connectivity index is 2.27. The number of ether oxygens (including phenoxy) is 1. The zero-order valence-corrected chi connectivity index (χ0v) is 10.9. The zero-order chi connectivity index (χ0) is 13.0. The number of alkyl halides is 1. The van der Waals surface area contributed by atoms with Gasteiger partial charge in [0.25, 0.3) is 0 Å². The number of nitrogens with zero attached hydrogens (tertiary/aromatic N) is 1. The summed E-state index contributed by atoms with van der Waals surface area (Å²) in [5.41, 5.74) is 1.46. The van der Waals surface area contributed by atoms with Crippen LogP contribution in [0.4, 0.5) is 0 Å². The summed E-state index contributed by atoms with van der Waals surface area (Å²) in [7, 11) is 0. The lowest BCUT2D eigenvalue weighted by atomic mass is 10.2. The largest absolute Gasteiger partial charge is 0.457 e. The number of benzene rings is 2. The monoisotopic (exact) mass is 277 g/mol. The fourth-order valence-electron chi connectivity index (χ4n) is 1.46. The minimum Gasteiger partial charge on any atom is -0.457 e. The Labute approximate surface area is 115 Å². The topological polar surface area (TPSA) is 33.0 Å². The number of rotatable bonds is 3. The molecule has 0 N–H and O–H groups in total. The Bertz CT molecular complexity index is 588. The van der Waals surface area contributed by atoms with E-state index >= 15 is 0 Å². The van der Waals surface area contributed by atoms with Crippen LogP contribution in [0.1, 0.15) is 11.1 Å². The molecule has 2 aromatic carbocycles. The smallest absolute Gasteiger partial charge is 0.133 e. The van der Waals surface area contributed by atoms with Gasteiger partial charge in [-0.25, -0.2) is 0 Å². The molecular formula is C14H9Cl2NO. The molecule has 18 heavy (non-hydrogen) atoms. The summed E-state index contributed by atoms with van der Waals surface area (Å²) in [5.74, 6) is 1.62. The van der Waals surface area contributed by atoms with Gasteiger partial charge in [0.05, 0.1) is 17.5 Å². The highest BCUT2D eigenvalue weighted by molar-refractivity contribution is 6.30. The highest BCUT2D eigenvalue weighted by atomic mass is 35.5. The van der Waals surface area contributed by atoms with E-state index < -0.39 is 0 Å². The standard InChI is InChI=1S/C14H9Cl2NO/c15-8-11-3-4-12(16)7-14(11)18-13-5-1-10(9-17)2-6-13/h1-7H,8H2. The van der Waals surface area contributed by atoms with E-state index in [4.69, 9.17) is 33.2 Å². The van der Waals surface area contributed by atoms with Crippen molar-refractivity contribution in [3.8, 4) is 17.6 Å². The summed E-state index contributed by atoms with van der Waals surface area (Å²) in [5, 5.41) is 9.30. The molecule has 0 saturated carbocycles. The molecule has 90 valence electrons. The van der Waals surface area contributed by atoms with Crippen molar-refractivity contribution in [1.29, 1.82) is 5.26 Å². The average molecular weight is 278 g/mol. The Morgan fingerprint density at radius 3 is 2.44 bits per heavy atom. The molecule has 0 amide bonds.